The SMILES string of the molecule is CNC(CCc1ccnn1C)C1(C)CCCCC1. The van der Waals surface area contributed by atoms with Crippen LogP contribution in [0.3, 0.4) is 0 Å². The first-order valence-electron chi connectivity index (χ1n) is 7.30. The molecule has 18 heavy (non-hydrogen) atoms. The molecule has 1 aliphatic rings. The van der Waals surface area contributed by atoms with Crippen LogP contribution in [0, 0.1) is 5.41 Å². The van der Waals surface area contributed by atoms with Gasteiger partial charge in [-0.3, -0.25) is 4.68 Å². The van der Waals surface area contributed by atoms with Crippen LogP contribution in [0.4, 0.5) is 0 Å². The maximum atomic E-state index is 4.25. The normalized spacial score (nSPS) is 20.8. The van der Waals surface area contributed by atoms with Crippen molar-refractivity contribution in [2.75, 3.05) is 7.05 Å². The van der Waals surface area contributed by atoms with Gasteiger partial charge in [-0.2, -0.15) is 5.10 Å². The Morgan fingerprint density at radius 2 is 2.11 bits per heavy atom. The smallest absolute Gasteiger partial charge is 0.0492 e. The van der Waals surface area contributed by atoms with Crippen molar-refractivity contribution in [1.82, 2.24) is 15.1 Å². The quantitative estimate of drug-likeness (QED) is 0.869. The summed E-state index contributed by atoms with van der Waals surface area (Å²) in [5.41, 5.74) is 1.83. The van der Waals surface area contributed by atoms with Crippen LogP contribution in [0.5, 0.6) is 0 Å². The molecule has 0 aliphatic heterocycles. The lowest BCUT2D eigenvalue weighted by atomic mass is 9.69. The van der Waals surface area contributed by atoms with Gasteiger partial charge in [0.15, 0.2) is 0 Å². The molecule has 3 nitrogen and oxygen atoms in total. The van der Waals surface area contributed by atoms with Crippen molar-refractivity contribution < 1.29 is 0 Å². The van der Waals surface area contributed by atoms with Gasteiger partial charge in [0, 0.05) is 25.0 Å². The van der Waals surface area contributed by atoms with Crippen LogP contribution >= 0.6 is 0 Å². The standard InChI is InChI=1S/C15H27N3/c1-15(10-5-4-6-11-15)14(16-2)8-7-13-9-12-17-18(13)3/h9,12,14,16H,4-8,10-11H2,1-3H3. The summed E-state index contributed by atoms with van der Waals surface area (Å²) in [7, 11) is 4.15. The summed E-state index contributed by atoms with van der Waals surface area (Å²) in [6.45, 7) is 2.47. The molecule has 0 radical (unpaired) electrons. The molecule has 0 aromatic carbocycles. The molecule has 1 aliphatic carbocycles. The van der Waals surface area contributed by atoms with E-state index in [0.717, 1.165) is 6.42 Å². The van der Waals surface area contributed by atoms with Gasteiger partial charge in [-0.25, -0.2) is 0 Å². The summed E-state index contributed by atoms with van der Waals surface area (Å²) in [5.74, 6) is 0. The number of aromatic nitrogens is 2. The lowest BCUT2D eigenvalue weighted by molar-refractivity contribution is 0.143. The fourth-order valence-electron chi connectivity index (χ4n) is 3.49. The Morgan fingerprint density at radius 1 is 1.39 bits per heavy atom. The maximum Gasteiger partial charge on any atom is 0.0492 e. The minimum Gasteiger partial charge on any atom is -0.316 e. The van der Waals surface area contributed by atoms with Crippen molar-refractivity contribution in [2.45, 2.75) is 57.9 Å². The Kier molecular flexibility index (Phi) is 4.44. The van der Waals surface area contributed by atoms with Crippen molar-refractivity contribution in [2.24, 2.45) is 12.5 Å². The van der Waals surface area contributed by atoms with E-state index in [1.54, 1.807) is 0 Å². The highest BCUT2D eigenvalue weighted by molar-refractivity contribution is 5.01. The summed E-state index contributed by atoms with van der Waals surface area (Å²) in [5, 5.41) is 7.81. The number of nitrogens with zero attached hydrogens (tertiary/aromatic N) is 2. The van der Waals surface area contributed by atoms with E-state index in [9.17, 15) is 0 Å². The molecule has 3 heteroatoms. The Morgan fingerprint density at radius 3 is 2.67 bits per heavy atom. The monoisotopic (exact) mass is 249 g/mol. The van der Waals surface area contributed by atoms with Crippen LogP contribution in [-0.4, -0.2) is 22.9 Å². The lowest BCUT2D eigenvalue weighted by Crippen LogP contribution is -2.43. The lowest BCUT2D eigenvalue weighted by Gasteiger charge is -2.41. The van der Waals surface area contributed by atoms with Crippen molar-refractivity contribution in [3.05, 3.63) is 18.0 Å². The average Bonchev–Trinajstić information content (AvgIpc) is 2.76. The molecule has 0 amide bonds. The first-order valence-corrected chi connectivity index (χ1v) is 7.30. The molecule has 1 N–H and O–H groups in total. The molecule has 1 saturated carbocycles. The molecular weight excluding hydrogens is 222 g/mol. The van der Waals surface area contributed by atoms with Crippen molar-refractivity contribution in [1.29, 1.82) is 0 Å². The van der Waals surface area contributed by atoms with E-state index < -0.39 is 0 Å². The molecule has 1 unspecified atom stereocenters. The minimum atomic E-state index is 0.492. The maximum absolute atomic E-state index is 4.25. The molecule has 2 rings (SSSR count). The second-order valence-electron chi connectivity index (χ2n) is 6.04. The second-order valence-corrected chi connectivity index (χ2v) is 6.04. The van der Waals surface area contributed by atoms with Crippen LogP contribution in [0.15, 0.2) is 12.3 Å². The predicted octanol–water partition coefficient (Wildman–Crippen LogP) is 2.91. The molecule has 0 bridgehead atoms. The van der Waals surface area contributed by atoms with E-state index in [2.05, 4.69) is 30.5 Å². The van der Waals surface area contributed by atoms with E-state index in [1.165, 1.54) is 44.2 Å². The molecule has 0 spiro atoms. The van der Waals surface area contributed by atoms with E-state index in [4.69, 9.17) is 0 Å². The average molecular weight is 249 g/mol. The summed E-state index contributed by atoms with van der Waals surface area (Å²) in [6, 6.07) is 2.77. The predicted molar refractivity (Wildman–Crippen MR) is 75.6 cm³/mol. The van der Waals surface area contributed by atoms with Crippen LogP contribution in [0.1, 0.15) is 51.1 Å². The van der Waals surface area contributed by atoms with E-state index in [-0.39, 0.29) is 0 Å². The molecule has 1 atom stereocenters. The number of rotatable bonds is 5. The van der Waals surface area contributed by atoms with Gasteiger partial charge in [0.25, 0.3) is 0 Å². The zero-order valence-corrected chi connectivity index (χ0v) is 12.1. The van der Waals surface area contributed by atoms with Crippen LogP contribution in [0.2, 0.25) is 0 Å². The van der Waals surface area contributed by atoms with E-state index >= 15 is 0 Å². The summed E-state index contributed by atoms with van der Waals surface area (Å²) in [4.78, 5) is 0. The third-order valence-electron chi connectivity index (χ3n) is 4.80. The highest BCUT2D eigenvalue weighted by atomic mass is 15.2. The number of nitrogens with one attached hydrogen (secondary N) is 1. The Hall–Kier alpha value is -0.830. The summed E-state index contributed by atoms with van der Waals surface area (Å²) in [6.07, 6.45) is 11.2. The fraction of sp³-hybridized carbons (Fsp3) is 0.800. The van der Waals surface area contributed by atoms with Gasteiger partial charge in [-0.15, -0.1) is 0 Å². The van der Waals surface area contributed by atoms with E-state index in [1.807, 2.05) is 17.9 Å². The van der Waals surface area contributed by atoms with Gasteiger partial charge >= 0.3 is 0 Å². The molecule has 1 aromatic heterocycles. The minimum absolute atomic E-state index is 0.492. The van der Waals surface area contributed by atoms with Crippen LogP contribution in [-0.2, 0) is 13.5 Å². The number of hydrogen-bond donors (Lipinski definition) is 1. The van der Waals surface area contributed by atoms with Gasteiger partial charge in [0.2, 0.25) is 0 Å². The molecule has 102 valence electrons. The third-order valence-corrected chi connectivity index (χ3v) is 4.80. The van der Waals surface area contributed by atoms with Gasteiger partial charge in [0.1, 0.15) is 0 Å². The first kappa shape index (κ1) is 13.6. The number of hydrogen-bond acceptors (Lipinski definition) is 2. The van der Waals surface area contributed by atoms with Crippen molar-refractivity contribution in [3.63, 3.8) is 0 Å². The molecule has 1 fully saturated rings. The highest BCUT2D eigenvalue weighted by Crippen LogP contribution is 2.40. The van der Waals surface area contributed by atoms with Crippen LogP contribution < -0.4 is 5.32 Å². The van der Waals surface area contributed by atoms with Gasteiger partial charge in [-0.05, 0) is 44.2 Å². The molecular formula is C15H27N3. The highest BCUT2D eigenvalue weighted by Gasteiger charge is 2.34. The van der Waals surface area contributed by atoms with Gasteiger partial charge < -0.3 is 5.32 Å². The zero-order valence-electron chi connectivity index (χ0n) is 12.1. The van der Waals surface area contributed by atoms with Crippen molar-refractivity contribution >= 4 is 0 Å². The first-order chi connectivity index (χ1) is 8.65. The van der Waals surface area contributed by atoms with Crippen LogP contribution in [0.25, 0.3) is 0 Å². The molecule has 1 heterocycles. The zero-order chi connectivity index (χ0) is 13.0. The van der Waals surface area contributed by atoms with E-state index in [0.29, 0.717) is 11.5 Å². The Bertz CT molecular complexity index is 364. The Balaban J connectivity index is 1.94. The largest absolute Gasteiger partial charge is 0.316 e. The Labute approximate surface area is 111 Å². The number of aryl methyl sites for hydroxylation is 2. The van der Waals surface area contributed by atoms with Gasteiger partial charge in [-0.1, -0.05) is 26.2 Å². The molecule has 0 saturated heterocycles. The third kappa shape index (κ3) is 2.94. The summed E-state index contributed by atoms with van der Waals surface area (Å²) >= 11 is 0. The second kappa shape index (κ2) is 5.87. The van der Waals surface area contributed by atoms with Gasteiger partial charge in [0.05, 0.1) is 0 Å². The van der Waals surface area contributed by atoms with Crippen molar-refractivity contribution in [3.8, 4) is 0 Å². The molecule has 1 aromatic rings. The summed E-state index contributed by atoms with van der Waals surface area (Å²) < 4.78 is 2.00. The fourth-order valence-corrected chi connectivity index (χ4v) is 3.49. The topological polar surface area (TPSA) is 29.9 Å².